The van der Waals surface area contributed by atoms with Gasteiger partial charge in [0, 0.05) is 12.0 Å². The molecule has 2 atom stereocenters. The van der Waals surface area contributed by atoms with Gasteiger partial charge in [-0.05, 0) is 29.9 Å². The zero-order valence-corrected chi connectivity index (χ0v) is 9.65. The molecule has 0 unspecified atom stereocenters. The average molecular weight is 213 g/mol. The van der Waals surface area contributed by atoms with E-state index in [1.165, 1.54) is 36.8 Å². The molecule has 16 heavy (non-hydrogen) atoms. The van der Waals surface area contributed by atoms with Gasteiger partial charge in [0.05, 0.1) is 0 Å². The van der Waals surface area contributed by atoms with E-state index in [0.717, 1.165) is 6.54 Å². The normalized spacial score (nSPS) is 31.9. The molecule has 84 valence electrons. The van der Waals surface area contributed by atoms with Crippen molar-refractivity contribution in [3.8, 4) is 0 Å². The first-order valence-electron chi connectivity index (χ1n) is 6.34. The molecule has 2 aliphatic rings. The first-order chi connectivity index (χ1) is 7.87. The lowest BCUT2D eigenvalue weighted by Gasteiger charge is -2.45. The van der Waals surface area contributed by atoms with E-state index < -0.39 is 0 Å². The van der Waals surface area contributed by atoms with Crippen LogP contribution in [-0.4, -0.2) is 6.54 Å². The minimum atomic E-state index is 0.240. The smallest absolute Gasteiger partial charge is 0.0144 e. The van der Waals surface area contributed by atoms with Crippen LogP contribution in [0.2, 0.25) is 0 Å². The molecule has 1 nitrogen and oxygen atoms in total. The van der Waals surface area contributed by atoms with E-state index in [1.54, 1.807) is 0 Å². The van der Waals surface area contributed by atoms with Crippen molar-refractivity contribution < 1.29 is 0 Å². The van der Waals surface area contributed by atoms with Crippen molar-refractivity contribution in [1.82, 2.24) is 0 Å². The Morgan fingerprint density at radius 3 is 3.00 bits per heavy atom. The van der Waals surface area contributed by atoms with Crippen LogP contribution in [0.5, 0.6) is 0 Å². The van der Waals surface area contributed by atoms with Gasteiger partial charge in [-0.25, -0.2) is 0 Å². The van der Waals surface area contributed by atoms with Gasteiger partial charge in [-0.3, -0.25) is 0 Å². The van der Waals surface area contributed by atoms with E-state index in [0.29, 0.717) is 5.92 Å². The van der Waals surface area contributed by atoms with Crippen LogP contribution in [0.4, 0.5) is 0 Å². The standard InChI is InChI=1S/C15H19N/c16-11-15-10-4-3-6-13(15)9-8-12-5-1-2-7-14(12)15/h1-2,5,7-9,13H,3-4,6,10-11,16H2/t13-,15+/m0/s1. The Morgan fingerprint density at radius 1 is 1.25 bits per heavy atom. The Bertz CT molecular complexity index is 421. The quantitative estimate of drug-likeness (QED) is 0.762. The fraction of sp³-hybridized carbons (Fsp3) is 0.467. The molecule has 0 aliphatic heterocycles. The van der Waals surface area contributed by atoms with Gasteiger partial charge in [0.25, 0.3) is 0 Å². The molecule has 1 fully saturated rings. The SMILES string of the molecule is NC[C@]12CCCC[C@H]1C=Cc1ccccc12. The van der Waals surface area contributed by atoms with Crippen LogP contribution in [0, 0.1) is 5.92 Å². The van der Waals surface area contributed by atoms with Crippen molar-refractivity contribution in [1.29, 1.82) is 0 Å². The van der Waals surface area contributed by atoms with Crippen molar-refractivity contribution in [3.05, 3.63) is 41.5 Å². The summed E-state index contributed by atoms with van der Waals surface area (Å²) >= 11 is 0. The Morgan fingerprint density at radius 2 is 2.12 bits per heavy atom. The van der Waals surface area contributed by atoms with Crippen LogP contribution in [0.1, 0.15) is 36.8 Å². The maximum absolute atomic E-state index is 6.13. The number of hydrogen-bond donors (Lipinski definition) is 1. The zero-order valence-electron chi connectivity index (χ0n) is 9.65. The zero-order chi connectivity index (χ0) is 11.0. The third-order valence-corrected chi connectivity index (χ3v) is 4.47. The molecule has 0 bridgehead atoms. The molecule has 0 spiro atoms. The summed E-state index contributed by atoms with van der Waals surface area (Å²) in [6.07, 6.45) is 9.94. The molecule has 1 saturated carbocycles. The second kappa shape index (κ2) is 3.74. The molecule has 1 heteroatoms. The van der Waals surface area contributed by atoms with Crippen molar-refractivity contribution >= 4 is 6.08 Å². The van der Waals surface area contributed by atoms with Crippen molar-refractivity contribution in [3.63, 3.8) is 0 Å². The fourth-order valence-electron chi connectivity index (χ4n) is 3.56. The second-order valence-corrected chi connectivity index (χ2v) is 5.16. The minimum Gasteiger partial charge on any atom is -0.330 e. The Labute approximate surface area is 97.4 Å². The van der Waals surface area contributed by atoms with Gasteiger partial charge >= 0.3 is 0 Å². The van der Waals surface area contributed by atoms with Crippen molar-refractivity contribution in [2.24, 2.45) is 11.7 Å². The van der Waals surface area contributed by atoms with Gasteiger partial charge < -0.3 is 5.73 Å². The van der Waals surface area contributed by atoms with Crippen LogP contribution >= 0.6 is 0 Å². The number of allylic oxidation sites excluding steroid dienone is 1. The molecule has 2 N–H and O–H groups in total. The topological polar surface area (TPSA) is 26.0 Å². The van der Waals surface area contributed by atoms with E-state index >= 15 is 0 Å². The lowest BCUT2D eigenvalue weighted by atomic mass is 9.59. The first-order valence-corrected chi connectivity index (χ1v) is 6.34. The molecular weight excluding hydrogens is 194 g/mol. The molecule has 0 heterocycles. The number of benzene rings is 1. The average Bonchev–Trinajstić information content (AvgIpc) is 2.38. The van der Waals surface area contributed by atoms with E-state index in [2.05, 4.69) is 36.4 Å². The molecule has 1 aromatic carbocycles. The summed E-state index contributed by atoms with van der Waals surface area (Å²) in [6, 6.07) is 8.77. The summed E-state index contributed by atoms with van der Waals surface area (Å²) in [5.74, 6) is 0.668. The number of nitrogens with two attached hydrogens (primary N) is 1. The summed E-state index contributed by atoms with van der Waals surface area (Å²) in [6.45, 7) is 0.791. The maximum atomic E-state index is 6.13. The van der Waals surface area contributed by atoms with E-state index in [9.17, 15) is 0 Å². The maximum Gasteiger partial charge on any atom is 0.0144 e. The van der Waals surface area contributed by atoms with Gasteiger partial charge in [-0.15, -0.1) is 0 Å². The molecule has 3 rings (SSSR count). The van der Waals surface area contributed by atoms with Crippen LogP contribution in [0.15, 0.2) is 30.3 Å². The summed E-state index contributed by atoms with van der Waals surface area (Å²) in [5, 5.41) is 0. The molecule has 2 aliphatic carbocycles. The van der Waals surface area contributed by atoms with Crippen molar-refractivity contribution in [2.75, 3.05) is 6.54 Å². The Kier molecular flexibility index (Phi) is 2.36. The summed E-state index contributed by atoms with van der Waals surface area (Å²) in [5.41, 5.74) is 9.24. The highest BCUT2D eigenvalue weighted by Gasteiger charge is 2.42. The Hall–Kier alpha value is -1.08. The number of rotatable bonds is 1. The molecular formula is C15H19N. The van der Waals surface area contributed by atoms with Crippen LogP contribution in [-0.2, 0) is 5.41 Å². The molecule has 1 aromatic rings. The highest BCUT2D eigenvalue weighted by Crippen LogP contribution is 2.47. The van der Waals surface area contributed by atoms with Gasteiger partial charge in [0.1, 0.15) is 0 Å². The molecule has 0 radical (unpaired) electrons. The third-order valence-electron chi connectivity index (χ3n) is 4.47. The summed E-state index contributed by atoms with van der Waals surface area (Å²) < 4.78 is 0. The summed E-state index contributed by atoms with van der Waals surface area (Å²) in [7, 11) is 0. The predicted octanol–water partition coefficient (Wildman–Crippen LogP) is 3.10. The van der Waals surface area contributed by atoms with Gasteiger partial charge in [0.2, 0.25) is 0 Å². The van der Waals surface area contributed by atoms with Gasteiger partial charge in [-0.1, -0.05) is 49.3 Å². The van der Waals surface area contributed by atoms with Crippen LogP contribution < -0.4 is 5.73 Å². The fourth-order valence-corrected chi connectivity index (χ4v) is 3.56. The highest BCUT2D eigenvalue weighted by atomic mass is 14.6. The van der Waals surface area contributed by atoms with Crippen molar-refractivity contribution in [2.45, 2.75) is 31.1 Å². The van der Waals surface area contributed by atoms with E-state index in [1.807, 2.05) is 0 Å². The lowest BCUT2D eigenvalue weighted by Crippen LogP contribution is -2.45. The monoisotopic (exact) mass is 213 g/mol. The third kappa shape index (κ3) is 1.28. The second-order valence-electron chi connectivity index (χ2n) is 5.16. The minimum absolute atomic E-state index is 0.240. The van der Waals surface area contributed by atoms with Crippen LogP contribution in [0.25, 0.3) is 6.08 Å². The van der Waals surface area contributed by atoms with E-state index in [4.69, 9.17) is 5.73 Å². The lowest BCUT2D eigenvalue weighted by molar-refractivity contribution is 0.229. The van der Waals surface area contributed by atoms with E-state index in [-0.39, 0.29) is 5.41 Å². The number of hydrogen-bond acceptors (Lipinski definition) is 1. The molecule has 0 aromatic heterocycles. The largest absolute Gasteiger partial charge is 0.330 e. The van der Waals surface area contributed by atoms with Gasteiger partial charge in [0.15, 0.2) is 0 Å². The summed E-state index contributed by atoms with van der Waals surface area (Å²) in [4.78, 5) is 0. The van der Waals surface area contributed by atoms with Crippen LogP contribution in [0.3, 0.4) is 0 Å². The Balaban J connectivity index is 2.15. The molecule has 0 amide bonds. The predicted molar refractivity (Wildman–Crippen MR) is 68.2 cm³/mol. The van der Waals surface area contributed by atoms with Gasteiger partial charge in [-0.2, -0.15) is 0 Å². The first kappa shape index (κ1) is 10.1. The highest BCUT2D eigenvalue weighted by molar-refractivity contribution is 5.60. The number of fused-ring (bicyclic) bond motifs is 3. The molecule has 0 saturated heterocycles.